The molecule has 2 nitrogen and oxygen atoms in total. The Labute approximate surface area is 173 Å². The van der Waals surface area contributed by atoms with Gasteiger partial charge in [0.15, 0.2) is 11.6 Å². The lowest BCUT2D eigenvalue weighted by Crippen LogP contribution is -2.20. The smallest absolute Gasteiger partial charge is 0.194 e. The molecule has 30 heavy (non-hydrogen) atoms. The SMILES string of the molecule is O=C1c2ccccc2C(=O)c2cc(-c3cccc4cc5ccccc5cc34)ccc21. The van der Waals surface area contributed by atoms with Crippen LogP contribution in [0.1, 0.15) is 31.8 Å². The molecule has 5 aromatic carbocycles. The summed E-state index contributed by atoms with van der Waals surface area (Å²) in [6.45, 7) is 0. The highest BCUT2D eigenvalue weighted by atomic mass is 16.1. The highest BCUT2D eigenvalue weighted by Crippen LogP contribution is 2.35. The van der Waals surface area contributed by atoms with Crippen molar-refractivity contribution in [1.29, 1.82) is 0 Å². The van der Waals surface area contributed by atoms with Crippen molar-refractivity contribution in [2.45, 2.75) is 0 Å². The third-order valence-electron chi connectivity index (χ3n) is 5.98. The number of carbonyl (C=O) groups excluding carboxylic acids is 2. The number of benzene rings is 5. The maximum absolute atomic E-state index is 13.1. The van der Waals surface area contributed by atoms with Crippen molar-refractivity contribution in [3.05, 3.63) is 119 Å². The molecule has 6 rings (SSSR count). The topological polar surface area (TPSA) is 34.1 Å². The van der Waals surface area contributed by atoms with E-state index in [0.29, 0.717) is 22.3 Å². The number of hydrogen-bond acceptors (Lipinski definition) is 2. The van der Waals surface area contributed by atoms with E-state index in [9.17, 15) is 9.59 Å². The van der Waals surface area contributed by atoms with Gasteiger partial charge in [-0.1, -0.05) is 72.8 Å². The molecule has 0 aliphatic heterocycles. The third kappa shape index (κ3) is 2.37. The van der Waals surface area contributed by atoms with E-state index in [-0.39, 0.29) is 11.6 Å². The van der Waals surface area contributed by atoms with Crippen LogP contribution in [0.2, 0.25) is 0 Å². The average Bonchev–Trinajstić information content (AvgIpc) is 2.80. The average molecular weight is 384 g/mol. The molecule has 0 radical (unpaired) electrons. The highest BCUT2D eigenvalue weighted by molar-refractivity contribution is 6.28. The first-order valence-corrected chi connectivity index (χ1v) is 9.95. The van der Waals surface area contributed by atoms with Gasteiger partial charge in [0, 0.05) is 22.3 Å². The standard InChI is InChI=1S/C28H16O2/c29-27-22-9-3-4-10-23(22)28(30)26-16-20(12-13-24(26)27)21-11-5-8-19-14-17-6-1-2-7-18(17)15-25(19)21/h1-16H. The molecule has 5 aromatic rings. The number of fused-ring (bicyclic) bond motifs is 4. The molecule has 0 saturated carbocycles. The molecule has 0 amide bonds. The summed E-state index contributed by atoms with van der Waals surface area (Å²) in [6, 6.07) is 31.6. The Bertz CT molecular complexity index is 1530. The van der Waals surface area contributed by atoms with Crippen LogP contribution in [0.15, 0.2) is 97.1 Å². The summed E-state index contributed by atoms with van der Waals surface area (Å²) in [6.07, 6.45) is 0. The van der Waals surface area contributed by atoms with E-state index >= 15 is 0 Å². The van der Waals surface area contributed by atoms with Gasteiger partial charge in [-0.25, -0.2) is 0 Å². The van der Waals surface area contributed by atoms with Crippen LogP contribution in [-0.2, 0) is 0 Å². The molecular formula is C28H16O2. The monoisotopic (exact) mass is 384 g/mol. The fourth-order valence-electron chi connectivity index (χ4n) is 4.49. The Kier molecular flexibility index (Phi) is 3.50. The largest absolute Gasteiger partial charge is 0.289 e. The Morgan fingerprint density at radius 2 is 0.967 bits per heavy atom. The minimum Gasteiger partial charge on any atom is -0.289 e. The fourth-order valence-corrected chi connectivity index (χ4v) is 4.49. The van der Waals surface area contributed by atoms with Crippen LogP contribution >= 0.6 is 0 Å². The third-order valence-corrected chi connectivity index (χ3v) is 5.98. The zero-order chi connectivity index (χ0) is 20.2. The molecule has 0 aromatic heterocycles. The molecule has 0 atom stereocenters. The summed E-state index contributed by atoms with van der Waals surface area (Å²) < 4.78 is 0. The second-order valence-electron chi connectivity index (χ2n) is 7.69. The van der Waals surface area contributed by atoms with Crippen molar-refractivity contribution in [1.82, 2.24) is 0 Å². The lowest BCUT2D eigenvalue weighted by molar-refractivity contribution is 0.0979. The lowest BCUT2D eigenvalue weighted by Gasteiger charge is -2.18. The molecule has 0 spiro atoms. The van der Waals surface area contributed by atoms with Crippen LogP contribution in [0.25, 0.3) is 32.7 Å². The Morgan fingerprint density at radius 1 is 0.400 bits per heavy atom. The molecule has 1 aliphatic rings. The molecule has 0 bridgehead atoms. The summed E-state index contributed by atoms with van der Waals surface area (Å²) in [5.41, 5.74) is 3.92. The van der Waals surface area contributed by atoms with Crippen molar-refractivity contribution in [3.8, 4) is 11.1 Å². The Hall–Kier alpha value is -4.04. The fraction of sp³-hybridized carbons (Fsp3) is 0. The van der Waals surface area contributed by atoms with Gasteiger partial charge in [0.1, 0.15) is 0 Å². The molecule has 0 unspecified atom stereocenters. The summed E-state index contributed by atoms with van der Waals surface area (Å²) in [4.78, 5) is 26.0. The van der Waals surface area contributed by atoms with E-state index < -0.39 is 0 Å². The van der Waals surface area contributed by atoms with Crippen LogP contribution in [0.3, 0.4) is 0 Å². The number of hydrogen-bond donors (Lipinski definition) is 0. The second-order valence-corrected chi connectivity index (χ2v) is 7.69. The van der Waals surface area contributed by atoms with Crippen molar-refractivity contribution in [2.75, 3.05) is 0 Å². The summed E-state index contributed by atoms with van der Waals surface area (Å²) in [7, 11) is 0. The zero-order valence-electron chi connectivity index (χ0n) is 16.1. The van der Waals surface area contributed by atoms with Gasteiger partial charge in [0.05, 0.1) is 0 Å². The molecule has 140 valence electrons. The zero-order valence-corrected chi connectivity index (χ0v) is 16.1. The van der Waals surface area contributed by atoms with Crippen LogP contribution < -0.4 is 0 Å². The summed E-state index contributed by atoms with van der Waals surface area (Å²) >= 11 is 0. The second kappa shape index (κ2) is 6.23. The van der Waals surface area contributed by atoms with Gasteiger partial charge in [0.25, 0.3) is 0 Å². The van der Waals surface area contributed by atoms with Crippen molar-refractivity contribution >= 4 is 33.1 Å². The van der Waals surface area contributed by atoms with Gasteiger partial charge in [-0.15, -0.1) is 0 Å². The number of rotatable bonds is 1. The Balaban J connectivity index is 1.58. The van der Waals surface area contributed by atoms with E-state index in [4.69, 9.17) is 0 Å². The van der Waals surface area contributed by atoms with Gasteiger partial charge in [-0.3, -0.25) is 9.59 Å². The van der Waals surface area contributed by atoms with E-state index in [0.717, 1.165) is 21.9 Å². The van der Waals surface area contributed by atoms with Gasteiger partial charge in [0.2, 0.25) is 0 Å². The predicted molar refractivity (Wildman–Crippen MR) is 120 cm³/mol. The highest BCUT2D eigenvalue weighted by Gasteiger charge is 2.29. The minimum absolute atomic E-state index is 0.0873. The minimum atomic E-state index is -0.0901. The maximum atomic E-state index is 13.1. The Morgan fingerprint density at radius 3 is 1.73 bits per heavy atom. The van der Waals surface area contributed by atoms with Crippen LogP contribution in [0.4, 0.5) is 0 Å². The van der Waals surface area contributed by atoms with Crippen molar-refractivity contribution in [3.63, 3.8) is 0 Å². The molecular weight excluding hydrogens is 368 g/mol. The van der Waals surface area contributed by atoms with E-state index in [2.05, 4.69) is 36.4 Å². The predicted octanol–water partition coefficient (Wildman–Crippen LogP) is 6.44. The van der Waals surface area contributed by atoms with Crippen molar-refractivity contribution in [2.24, 2.45) is 0 Å². The van der Waals surface area contributed by atoms with Crippen LogP contribution in [-0.4, -0.2) is 11.6 Å². The van der Waals surface area contributed by atoms with E-state index in [1.54, 1.807) is 30.3 Å². The van der Waals surface area contributed by atoms with Crippen LogP contribution in [0.5, 0.6) is 0 Å². The van der Waals surface area contributed by atoms with Gasteiger partial charge >= 0.3 is 0 Å². The molecule has 2 heteroatoms. The van der Waals surface area contributed by atoms with Gasteiger partial charge in [-0.05, 0) is 56.9 Å². The van der Waals surface area contributed by atoms with Crippen molar-refractivity contribution < 1.29 is 9.59 Å². The lowest BCUT2D eigenvalue weighted by atomic mass is 9.82. The first-order valence-electron chi connectivity index (χ1n) is 9.95. The first-order chi connectivity index (χ1) is 14.7. The van der Waals surface area contributed by atoms with Gasteiger partial charge < -0.3 is 0 Å². The van der Waals surface area contributed by atoms with E-state index in [1.807, 2.05) is 30.3 Å². The van der Waals surface area contributed by atoms with Gasteiger partial charge in [-0.2, -0.15) is 0 Å². The number of carbonyl (C=O) groups is 2. The quantitative estimate of drug-likeness (QED) is 0.306. The molecule has 0 saturated heterocycles. The molecule has 1 aliphatic carbocycles. The summed E-state index contributed by atoms with van der Waals surface area (Å²) in [5.74, 6) is -0.177. The molecule has 0 N–H and O–H groups in total. The number of ketones is 2. The summed E-state index contributed by atoms with van der Waals surface area (Å²) in [5, 5.41) is 4.66. The van der Waals surface area contributed by atoms with Crippen LogP contribution in [0, 0.1) is 0 Å². The normalized spacial score (nSPS) is 12.8. The molecule has 0 fully saturated rings. The first kappa shape index (κ1) is 16.9. The maximum Gasteiger partial charge on any atom is 0.194 e. The van der Waals surface area contributed by atoms with E-state index in [1.165, 1.54) is 10.8 Å². The molecule has 0 heterocycles.